The van der Waals surface area contributed by atoms with Gasteiger partial charge in [0.25, 0.3) is 0 Å². The largest absolute Gasteiger partial charge is 0.144 e. The van der Waals surface area contributed by atoms with E-state index >= 15 is 0 Å². The van der Waals surface area contributed by atoms with E-state index in [9.17, 15) is 0 Å². The molecule has 3 unspecified atom stereocenters. The van der Waals surface area contributed by atoms with Gasteiger partial charge in [-0.1, -0.05) is 92.2 Å². The molecule has 3 atom stereocenters. The van der Waals surface area contributed by atoms with E-state index in [1.54, 1.807) is 30.0 Å². The van der Waals surface area contributed by atoms with Gasteiger partial charge in [0.1, 0.15) is 0 Å². The highest BCUT2D eigenvalue weighted by Gasteiger charge is 2.30. The summed E-state index contributed by atoms with van der Waals surface area (Å²) in [6.07, 6.45) is 17.1. The number of thioether (sulfide) groups is 2. The van der Waals surface area contributed by atoms with Gasteiger partial charge >= 0.3 is 0 Å². The zero-order valence-corrected chi connectivity index (χ0v) is 35.3. The molecule has 0 saturated carbocycles. The summed E-state index contributed by atoms with van der Waals surface area (Å²) in [6.45, 7) is 14.3. The van der Waals surface area contributed by atoms with E-state index in [-0.39, 0.29) is 0 Å². The highest BCUT2D eigenvalue weighted by Crippen LogP contribution is 2.56. The summed E-state index contributed by atoms with van der Waals surface area (Å²) >= 11 is 12.4. The predicted octanol–water partition coefficient (Wildman–Crippen LogP) is 16.2. The van der Waals surface area contributed by atoms with Crippen LogP contribution in [-0.2, 0) is 25.0 Å². The van der Waals surface area contributed by atoms with Crippen LogP contribution in [0.4, 0.5) is 0 Å². The third kappa shape index (κ3) is 8.62. The molecule has 2 aliphatic rings. The highest BCUT2D eigenvalue weighted by molar-refractivity contribution is 8.08. The molecule has 2 aliphatic heterocycles. The van der Waals surface area contributed by atoms with E-state index in [4.69, 9.17) is 0 Å². The second-order valence-electron chi connectivity index (χ2n) is 15.7. The molecule has 0 nitrogen and oxygen atoms in total. The molecular formula is C43H54S6. The Morgan fingerprint density at radius 1 is 0.653 bits per heavy atom. The summed E-state index contributed by atoms with van der Waals surface area (Å²) in [5, 5.41) is 3.59. The van der Waals surface area contributed by atoms with Gasteiger partial charge in [0.15, 0.2) is 0 Å². The van der Waals surface area contributed by atoms with Crippen molar-refractivity contribution >= 4 is 100 Å². The van der Waals surface area contributed by atoms with Crippen LogP contribution in [0.25, 0.3) is 31.2 Å². The van der Waals surface area contributed by atoms with Crippen LogP contribution in [0.5, 0.6) is 0 Å². The molecule has 0 amide bonds. The maximum atomic E-state index is 2.51. The zero-order chi connectivity index (χ0) is 34.1. The summed E-state index contributed by atoms with van der Waals surface area (Å²) in [6, 6.07) is 14.6. The van der Waals surface area contributed by atoms with Crippen molar-refractivity contribution in [3.8, 4) is 0 Å². The fraction of sp³-hybridized carbons (Fsp3) is 0.535. The Morgan fingerprint density at radius 2 is 1.31 bits per heavy atom. The van der Waals surface area contributed by atoms with E-state index in [2.05, 4.69) is 118 Å². The number of hydrogen-bond donors (Lipinski definition) is 0. The molecule has 0 saturated heterocycles. The summed E-state index contributed by atoms with van der Waals surface area (Å²) in [5.74, 6) is 4.41. The van der Waals surface area contributed by atoms with Gasteiger partial charge < -0.3 is 0 Å². The van der Waals surface area contributed by atoms with Gasteiger partial charge in [-0.25, -0.2) is 0 Å². The van der Waals surface area contributed by atoms with Gasteiger partial charge in [0.05, 0.1) is 9.40 Å². The number of thiophene rings is 4. The summed E-state index contributed by atoms with van der Waals surface area (Å²) in [7, 11) is 0. The van der Waals surface area contributed by atoms with E-state index < -0.39 is 0 Å². The fourth-order valence-electron chi connectivity index (χ4n) is 7.46. The van der Waals surface area contributed by atoms with Crippen molar-refractivity contribution in [2.24, 2.45) is 23.7 Å². The number of benzene rings is 1. The molecule has 0 bridgehead atoms. The second-order valence-corrected chi connectivity index (χ2v) is 22.5. The van der Waals surface area contributed by atoms with E-state index in [1.807, 2.05) is 34.4 Å². The summed E-state index contributed by atoms with van der Waals surface area (Å²) < 4.78 is 3.06. The van der Waals surface area contributed by atoms with Crippen LogP contribution in [0.3, 0.4) is 0 Å². The molecule has 49 heavy (non-hydrogen) atoms. The molecule has 4 aromatic heterocycles. The summed E-state index contributed by atoms with van der Waals surface area (Å²) in [4.78, 5) is 12.3. The molecule has 5 aromatic rings. The minimum atomic E-state index is 0.589. The van der Waals surface area contributed by atoms with Crippen molar-refractivity contribution in [1.29, 1.82) is 0 Å². The minimum absolute atomic E-state index is 0.589. The van der Waals surface area contributed by atoms with Crippen molar-refractivity contribution in [1.82, 2.24) is 0 Å². The van der Waals surface area contributed by atoms with E-state index in [0.717, 1.165) is 29.4 Å². The normalized spacial score (nSPS) is 17.4. The predicted molar refractivity (Wildman–Crippen MR) is 230 cm³/mol. The number of fused-ring (bicyclic) bond motifs is 7. The quantitative estimate of drug-likeness (QED) is 0.0982. The van der Waals surface area contributed by atoms with Crippen LogP contribution < -0.4 is 0 Å². The Hall–Kier alpha value is -1.02. The first-order valence-electron chi connectivity index (χ1n) is 18.9. The van der Waals surface area contributed by atoms with Crippen LogP contribution in [-0.4, -0.2) is 0 Å². The third-order valence-corrected chi connectivity index (χ3v) is 18.5. The van der Waals surface area contributed by atoms with Crippen molar-refractivity contribution < 1.29 is 0 Å². The number of hydrogen-bond acceptors (Lipinski definition) is 6. The molecule has 0 N–H and O–H groups in total. The van der Waals surface area contributed by atoms with Gasteiger partial charge in [-0.2, -0.15) is 0 Å². The first-order chi connectivity index (χ1) is 23.7. The standard InChI is InChI=1S/C43H54S6/c1-26(2)9-7-11-28(5)13-15-30-17-21-35(45-30)38-23-37-34(25-44-38)32-19-20-33-41-40(49-43(33)42(32)47-37)24-39(48-41)36-22-18-31(46-36)16-14-29(6)12-8-10-27(3)4/h17-23,26-29,39H,7-16,24-25H2,1-6H3. The third-order valence-electron chi connectivity index (χ3n) is 10.6. The van der Waals surface area contributed by atoms with Gasteiger partial charge in [-0.3, -0.25) is 0 Å². The number of aryl methyl sites for hydroxylation is 2. The summed E-state index contributed by atoms with van der Waals surface area (Å²) in [5.41, 5.74) is 1.56. The molecule has 6 heterocycles. The van der Waals surface area contributed by atoms with Gasteiger partial charge in [-0.15, -0.1) is 68.9 Å². The lowest BCUT2D eigenvalue weighted by Crippen LogP contribution is -1.98. The Morgan fingerprint density at radius 3 is 2.02 bits per heavy atom. The van der Waals surface area contributed by atoms with Crippen LogP contribution in [0.2, 0.25) is 0 Å². The van der Waals surface area contributed by atoms with Crippen LogP contribution in [0, 0.1) is 23.7 Å². The average molecular weight is 763 g/mol. The van der Waals surface area contributed by atoms with Crippen molar-refractivity contribution in [2.45, 2.75) is 128 Å². The molecular weight excluding hydrogens is 709 g/mol. The Kier molecular flexibility index (Phi) is 12.1. The van der Waals surface area contributed by atoms with Crippen LogP contribution in [0.15, 0.2) is 41.3 Å². The average Bonchev–Trinajstić information content (AvgIpc) is 3.89. The monoisotopic (exact) mass is 762 g/mol. The van der Waals surface area contributed by atoms with E-state index in [1.165, 1.54) is 105 Å². The molecule has 7 rings (SSSR count). The molecule has 0 fully saturated rings. The smallest absolute Gasteiger partial charge is 0.0535 e. The maximum Gasteiger partial charge on any atom is 0.0535 e. The molecule has 0 radical (unpaired) electrons. The Balaban J connectivity index is 0.996. The zero-order valence-electron chi connectivity index (χ0n) is 30.4. The van der Waals surface area contributed by atoms with Crippen molar-refractivity contribution in [2.75, 3.05) is 0 Å². The first-order valence-corrected chi connectivity index (χ1v) is 24.0. The van der Waals surface area contributed by atoms with Gasteiger partial charge in [-0.05, 0) is 90.6 Å². The lowest BCUT2D eigenvalue weighted by Gasteiger charge is -2.12. The van der Waals surface area contributed by atoms with Gasteiger partial charge in [0.2, 0.25) is 0 Å². The van der Waals surface area contributed by atoms with Crippen molar-refractivity contribution in [3.63, 3.8) is 0 Å². The molecule has 1 aromatic carbocycles. The lowest BCUT2D eigenvalue weighted by atomic mass is 9.96. The second kappa shape index (κ2) is 16.3. The maximum absolute atomic E-state index is 2.51. The van der Waals surface area contributed by atoms with Crippen LogP contribution >= 0.6 is 68.9 Å². The lowest BCUT2D eigenvalue weighted by molar-refractivity contribution is 0.437. The number of rotatable bonds is 16. The first kappa shape index (κ1) is 36.3. The fourth-order valence-corrected chi connectivity index (χ4v) is 15.5. The van der Waals surface area contributed by atoms with E-state index in [0.29, 0.717) is 5.25 Å². The topological polar surface area (TPSA) is 0 Å². The Bertz CT molecular complexity index is 1890. The minimum Gasteiger partial charge on any atom is -0.144 e. The molecule has 0 aliphatic carbocycles. The Labute approximate surface area is 320 Å². The molecule has 0 spiro atoms. The highest BCUT2D eigenvalue weighted by atomic mass is 32.2. The van der Waals surface area contributed by atoms with Gasteiger partial charge in [0, 0.05) is 61.9 Å². The SMILES string of the molecule is CC(C)CCCC(C)CCc1ccc(C2=Cc3sc4c(ccc5c6c(sc54)CC(c4ccc(CCC(C)CCCC(C)C)s4)S6)c3CS2)s1. The molecule has 6 heteroatoms. The van der Waals surface area contributed by atoms with Crippen molar-refractivity contribution in [3.05, 3.63) is 71.2 Å². The molecule has 262 valence electrons. The van der Waals surface area contributed by atoms with Crippen LogP contribution in [0.1, 0.15) is 133 Å².